The van der Waals surface area contributed by atoms with Gasteiger partial charge in [0.2, 0.25) is 5.88 Å². The van der Waals surface area contributed by atoms with Crippen LogP contribution in [-0.4, -0.2) is 30.2 Å². The van der Waals surface area contributed by atoms with Gasteiger partial charge in [-0.1, -0.05) is 6.07 Å². The first-order chi connectivity index (χ1) is 10.0. The van der Waals surface area contributed by atoms with Crippen molar-refractivity contribution >= 4 is 17.3 Å². The fraction of sp³-hybridized carbons (Fsp3) is 0.200. The van der Waals surface area contributed by atoms with E-state index in [1.165, 1.54) is 6.07 Å². The van der Waals surface area contributed by atoms with Crippen molar-refractivity contribution in [1.82, 2.24) is 4.98 Å². The maximum absolute atomic E-state index is 11.3. The van der Waals surface area contributed by atoms with Crippen LogP contribution in [0, 0.1) is 0 Å². The molecule has 0 amide bonds. The Balaban J connectivity index is 2.32. The fourth-order valence-corrected chi connectivity index (χ4v) is 2.13. The molecule has 1 aromatic heterocycles. The summed E-state index contributed by atoms with van der Waals surface area (Å²) in [5.41, 5.74) is 7.70. The molecule has 0 unspecified atom stereocenters. The lowest BCUT2D eigenvalue weighted by atomic mass is 10.1. The number of methoxy groups -OCH3 is 1. The molecule has 6 heteroatoms. The van der Waals surface area contributed by atoms with Crippen LogP contribution in [0.1, 0.15) is 15.9 Å². The van der Waals surface area contributed by atoms with E-state index in [0.29, 0.717) is 23.8 Å². The number of hydrogen-bond donors (Lipinski definition) is 2. The number of nitrogens with two attached hydrogens (primary N) is 1. The number of carbonyl (C=O) groups is 1. The first-order valence-corrected chi connectivity index (χ1v) is 6.34. The van der Waals surface area contributed by atoms with Gasteiger partial charge < -0.3 is 20.5 Å². The highest BCUT2D eigenvalue weighted by atomic mass is 16.5. The minimum atomic E-state index is -1.01. The number of rotatable bonds is 5. The molecule has 0 fully saturated rings. The molecule has 110 valence electrons. The summed E-state index contributed by atoms with van der Waals surface area (Å²) >= 11 is 0. The zero-order valence-electron chi connectivity index (χ0n) is 11.9. The number of ether oxygens (including phenoxy) is 1. The third kappa shape index (κ3) is 3.22. The molecule has 1 heterocycles. The minimum Gasteiger partial charge on any atom is -0.481 e. The van der Waals surface area contributed by atoms with Gasteiger partial charge in [-0.2, -0.15) is 0 Å². The molecule has 3 N–H and O–H groups in total. The lowest BCUT2D eigenvalue weighted by molar-refractivity contribution is 0.0697. The van der Waals surface area contributed by atoms with Crippen molar-refractivity contribution in [3.63, 3.8) is 0 Å². The smallest absolute Gasteiger partial charge is 0.337 e. The number of pyridine rings is 1. The largest absolute Gasteiger partial charge is 0.481 e. The summed E-state index contributed by atoms with van der Waals surface area (Å²) in [6.45, 7) is 0.473. The van der Waals surface area contributed by atoms with Gasteiger partial charge in [0.1, 0.15) is 0 Å². The van der Waals surface area contributed by atoms with E-state index in [1.54, 1.807) is 25.4 Å². The third-order valence-corrected chi connectivity index (χ3v) is 3.11. The Bertz CT molecular complexity index is 658. The highest BCUT2D eigenvalue weighted by Crippen LogP contribution is 2.25. The van der Waals surface area contributed by atoms with Crippen molar-refractivity contribution in [2.24, 2.45) is 0 Å². The lowest BCUT2D eigenvalue weighted by Crippen LogP contribution is -2.20. The molecule has 0 aliphatic heterocycles. The van der Waals surface area contributed by atoms with E-state index in [1.807, 2.05) is 24.1 Å². The van der Waals surface area contributed by atoms with E-state index in [2.05, 4.69) is 4.98 Å². The van der Waals surface area contributed by atoms with Crippen LogP contribution in [0.3, 0.4) is 0 Å². The molecule has 2 rings (SSSR count). The van der Waals surface area contributed by atoms with Gasteiger partial charge in [-0.25, -0.2) is 9.78 Å². The minimum absolute atomic E-state index is 0.167. The SMILES string of the molecule is COc1ncccc1CN(C)c1ccc(N)cc1C(=O)O. The number of nitrogens with zero attached hydrogens (tertiary/aromatic N) is 2. The van der Waals surface area contributed by atoms with Gasteiger partial charge >= 0.3 is 5.97 Å². The number of nitrogen functional groups attached to an aromatic ring is 1. The number of carboxylic acids is 1. The van der Waals surface area contributed by atoms with E-state index in [9.17, 15) is 9.90 Å². The molecule has 2 aromatic rings. The molecule has 0 aliphatic rings. The molecular formula is C15H17N3O3. The zero-order valence-corrected chi connectivity index (χ0v) is 11.9. The Hall–Kier alpha value is -2.76. The van der Waals surface area contributed by atoms with Crippen LogP contribution in [-0.2, 0) is 6.54 Å². The molecule has 1 aromatic carbocycles. The highest BCUT2D eigenvalue weighted by molar-refractivity contribution is 5.95. The van der Waals surface area contributed by atoms with Crippen LogP contribution in [0.15, 0.2) is 36.5 Å². The van der Waals surface area contributed by atoms with Gasteiger partial charge in [0.15, 0.2) is 0 Å². The summed E-state index contributed by atoms with van der Waals surface area (Å²) in [6.07, 6.45) is 1.65. The summed E-state index contributed by atoms with van der Waals surface area (Å²) in [6, 6.07) is 8.53. The Morgan fingerprint density at radius 3 is 2.86 bits per heavy atom. The molecule has 6 nitrogen and oxygen atoms in total. The van der Waals surface area contributed by atoms with Crippen molar-refractivity contribution in [1.29, 1.82) is 0 Å². The molecule has 0 spiro atoms. The monoisotopic (exact) mass is 287 g/mol. The number of aromatic carboxylic acids is 1. The second-order valence-electron chi connectivity index (χ2n) is 4.61. The van der Waals surface area contributed by atoms with Crippen molar-refractivity contribution in [2.75, 3.05) is 24.8 Å². The summed E-state index contributed by atoms with van der Waals surface area (Å²) < 4.78 is 5.20. The molecule has 0 bridgehead atoms. The molecule has 21 heavy (non-hydrogen) atoms. The van der Waals surface area contributed by atoms with Crippen LogP contribution in [0.4, 0.5) is 11.4 Å². The normalized spacial score (nSPS) is 10.2. The van der Waals surface area contributed by atoms with E-state index >= 15 is 0 Å². The molecule has 0 radical (unpaired) electrons. The average molecular weight is 287 g/mol. The number of hydrogen-bond acceptors (Lipinski definition) is 5. The maximum Gasteiger partial charge on any atom is 0.337 e. The third-order valence-electron chi connectivity index (χ3n) is 3.11. The molecule has 0 saturated carbocycles. The van der Waals surface area contributed by atoms with Crippen LogP contribution < -0.4 is 15.4 Å². The zero-order chi connectivity index (χ0) is 15.4. The quantitative estimate of drug-likeness (QED) is 0.818. The van der Waals surface area contributed by atoms with Gasteiger partial charge in [-0.3, -0.25) is 0 Å². The summed E-state index contributed by atoms with van der Waals surface area (Å²) in [4.78, 5) is 17.3. The van der Waals surface area contributed by atoms with Gasteiger partial charge in [0.05, 0.1) is 18.4 Å². The first kappa shape index (κ1) is 14.6. The topological polar surface area (TPSA) is 88.7 Å². The Labute approximate surface area is 122 Å². The highest BCUT2D eigenvalue weighted by Gasteiger charge is 2.15. The van der Waals surface area contributed by atoms with Crippen molar-refractivity contribution in [3.05, 3.63) is 47.7 Å². The molecule has 0 atom stereocenters. The van der Waals surface area contributed by atoms with E-state index in [4.69, 9.17) is 10.5 Å². The fourth-order valence-electron chi connectivity index (χ4n) is 2.13. The van der Waals surface area contributed by atoms with Crippen molar-refractivity contribution in [2.45, 2.75) is 6.54 Å². The van der Waals surface area contributed by atoms with Crippen LogP contribution >= 0.6 is 0 Å². The van der Waals surface area contributed by atoms with Crippen LogP contribution in [0.25, 0.3) is 0 Å². The maximum atomic E-state index is 11.3. The predicted molar refractivity (Wildman–Crippen MR) is 80.7 cm³/mol. The van der Waals surface area contributed by atoms with Gasteiger partial charge in [0, 0.05) is 31.0 Å². The Morgan fingerprint density at radius 2 is 2.19 bits per heavy atom. The number of carboxylic acid groups (broad SMARTS) is 1. The number of anilines is 2. The summed E-state index contributed by atoms with van der Waals surface area (Å²) in [5, 5.41) is 9.29. The Kier molecular flexibility index (Phi) is 4.27. The predicted octanol–water partition coefficient (Wildman–Crippen LogP) is 2.01. The first-order valence-electron chi connectivity index (χ1n) is 6.34. The van der Waals surface area contributed by atoms with Gasteiger partial charge in [0.25, 0.3) is 0 Å². The summed E-state index contributed by atoms with van der Waals surface area (Å²) in [5.74, 6) is -0.487. The van der Waals surface area contributed by atoms with Crippen LogP contribution in [0.2, 0.25) is 0 Å². The van der Waals surface area contributed by atoms with E-state index < -0.39 is 5.97 Å². The molecule has 0 saturated heterocycles. The lowest BCUT2D eigenvalue weighted by Gasteiger charge is -2.22. The van der Waals surface area contributed by atoms with Gasteiger partial charge in [-0.05, 0) is 24.3 Å². The molecular weight excluding hydrogens is 270 g/mol. The van der Waals surface area contributed by atoms with Gasteiger partial charge in [-0.15, -0.1) is 0 Å². The second-order valence-corrected chi connectivity index (χ2v) is 4.61. The standard InChI is InChI=1S/C15H17N3O3/c1-18(9-10-4-3-7-17-14(10)21-2)13-6-5-11(16)8-12(13)15(19)20/h3-8H,9,16H2,1-2H3,(H,19,20). The van der Waals surface area contributed by atoms with E-state index in [0.717, 1.165) is 5.56 Å². The second kappa shape index (κ2) is 6.13. The van der Waals surface area contributed by atoms with Crippen LogP contribution in [0.5, 0.6) is 5.88 Å². The molecule has 0 aliphatic carbocycles. The Morgan fingerprint density at radius 1 is 1.43 bits per heavy atom. The van der Waals surface area contributed by atoms with Crippen molar-refractivity contribution < 1.29 is 14.6 Å². The average Bonchev–Trinajstić information content (AvgIpc) is 2.47. The van der Waals surface area contributed by atoms with E-state index in [-0.39, 0.29) is 5.56 Å². The number of benzene rings is 1. The number of aromatic nitrogens is 1. The van der Waals surface area contributed by atoms with Crippen molar-refractivity contribution in [3.8, 4) is 5.88 Å². The summed E-state index contributed by atoms with van der Waals surface area (Å²) in [7, 11) is 3.36.